The van der Waals surface area contributed by atoms with E-state index in [2.05, 4.69) is 4.98 Å². The zero-order valence-corrected chi connectivity index (χ0v) is 12.8. The number of nitrogens with zero attached hydrogens (tertiary/aromatic N) is 2. The zero-order valence-electron chi connectivity index (χ0n) is 12.8. The third kappa shape index (κ3) is 2.82. The standard InChI is InChI=1S/C18H19N3O2/c19-17(23)18(15-4-2-1-3-5-15)8-12-21(13-9-18)16(22)14-6-10-20-11-7-14/h1-7,10-11H,8-9,12-13H2,(H2,19,23). The fourth-order valence-corrected chi connectivity index (χ4v) is 3.20. The van der Waals surface area contributed by atoms with Crippen LogP contribution < -0.4 is 5.73 Å². The predicted molar refractivity (Wildman–Crippen MR) is 86.7 cm³/mol. The van der Waals surface area contributed by atoms with Gasteiger partial charge in [-0.2, -0.15) is 0 Å². The van der Waals surface area contributed by atoms with Crippen molar-refractivity contribution in [2.75, 3.05) is 13.1 Å². The summed E-state index contributed by atoms with van der Waals surface area (Å²) in [5.41, 5.74) is 6.58. The summed E-state index contributed by atoms with van der Waals surface area (Å²) in [6, 6.07) is 13.0. The van der Waals surface area contributed by atoms with Crippen molar-refractivity contribution in [2.24, 2.45) is 5.73 Å². The molecule has 118 valence electrons. The Bertz CT molecular complexity index is 693. The molecule has 1 aromatic heterocycles. The molecule has 0 atom stereocenters. The van der Waals surface area contributed by atoms with E-state index in [1.807, 2.05) is 30.3 Å². The van der Waals surface area contributed by atoms with Crippen molar-refractivity contribution >= 4 is 11.8 Å². The summed E-state index contributed by atoms with van der Waals surface area (Å²) in [5, 5.41) is 0. The molecule has 1 aliphatic heterocycles. The van der Waals surface area contributed by atoms with Crippen LogP contribution in [0.2, 0.25) is 0 Å². The third-order valence-electron chi connectivity index (χ3n) is 4.63. The van der Waals surface area contributed by atoms with Crippen molar-refractivity contribution in [1.82, 2.24) is 9.88 Å². The largest absolute Gasteiger partial charge is 0.369 e. The third-order valence-corrected chi connectivity index (χ3v) is 4.63. The van der Waals surface area contributed by atoms with E-state index in [4.69, 9.17) is 5.73 Å². The summed E-state index contributed by atoms with van der Waals surface area (Å²) in [6.45, 7) is 1.03. The van der Waals surface area contributed by atoms with E-state index < -0.39 is 5.41 Å². The quantitative estimate of drug-likeness (QED) is 0.938. The molecule has 0 saturated carbocycles. The Balaban J connectivity index is 1.79. The summed E-state index contributed by atoms with van der Waals surface area (Å²) in [4.78, 5) is 30.3. The van der Waals surface area contributed by atoms with Crippen LogP contribution in [0.5, 0.6) is 0 Å². The van der Waals surface area contributed by atoms with Crippen LogP contribution in [0.4, 0.5) is 0 Å². The average Bonchev–Trinajstić information content (AvgIpc) is 2.62. The first-order valence-electron chi connectivity index (χ1n) is 7.68. The molecule has 1 saturated heterocycles. The van der Waals surface area contributed by atoms with E-state index in [-0.39, 0.29) is 11.8 Å². The molecule has 0 radical (unpaired) electrons. The van der Waals surface area contributed by atoms with Gasteiger partial charge in [0.1, 0.15) is 0 Å². The number of hydrogen-bond acceptors (Lipinski definition) is 3. The van der Waals surface area contributed by atoms with Gasteiger partial charge in [0.05, 0.1) is 5.41 Å². The number of rotatable bonds is 3. The van der Waals surface area contributed by atoms with E-state index in [0.29, 0.717) is 31.5 Å². The molecule has 1 aromatic carbocycles. The molecule has 5 nitrogen and oxygen atoms in total. The molecule has 0 aliphatic carbocycles. The monoisotopic (exact) mass is 309 g/mol. The lowest BCUT2D eigenvalue weighted by Gasteiger charge is -2.40. The minimum atomic E-state index is -0.684. The topological polar surface area (TPSA) is 76.3 Å². The summed E-state index contributed by atoms with van der Waals surface area (Å²) in [6.07, 6.45) is 4.30. The summed E-state index contributed by atoms with van der Waals surface area (Å²) < 4.78 is 0. The van der Waals surface area contributed by atoms with Crippen molar-refractivity contribution in [2.45, 2.75) is 18.3 Å². The maximum Gasteiger partial charge on any atom is 0.253 e. The van der Waals surface area contributed by atoms with Crippen LogP contribution in [0.15, 0.2) is 54.9 Å². The smallest absolute Gasteiger partial charge is 0.253 e. The van der Waals surface area contributed by atoms with E-state index in [1.165, 1.54) is 0 Å². The van der Waals surface area contributed by atoms with Crippen molar-refractivity contribution in [3.63, 3.8) is 0 Å². The van der Waals surface area contributed by atoms with E-state index in [0.717, 1.165) is 5.56 Å². The van der Waals surface area contributed by atoms with Crippen molar-refractivity contribution in [3.05, 3.63) is 66.0 Å². The number of likely N-dealkylation sites (tertiary alicyclic amines) is 1. The summed E-state index contributed by atoms with van der Waals surface area (Å²) >= 11 is 0. The van der Waals surface area contributed by atoms with Gasteiger partial charge in [-0.15, -0.1) is 0 Å². The number of amides is 2. The van der Waals surface area contributed by atoms with Crippen molar-refractivity contribution in [3.8, 4) is 0 Å². The van der Waals surface area contributed by atoms with E-state index >= 15 is 0 Å². The number of aromatic nitrogens is 1. The second-order valence-electron chi connectivity index (χ2n) is 5.84. The van der Waals surface area contributed by atoms with Crippen LogP contribution in [-0.2, 0) is 10.2 Å². The molecular formula is C18H19N3O2. The van der Waals surface area contributed by atoms with Crippen molar-refractivity contribution < 1.29 is 9.59 Å². The number of carbonyl (C=O) groups excluding carboxylic acids is 2. The Hall–Kier alpha value is -2.69. The SMILES string of the molecule is NC(=O)C1(c2ccccc2)CCN(C(=O)c2ccncc2)CC1. The van der Waals surface area contributed by atoms with Gasteiger partial charge < -0.3 is 10.6 Å². The summed E-state index contributed by atoms with van der Waals surface area (Å²) in [5.74, 6) is -0.349. The molecule has 5 heteroatoms. The van der Waals surface area contributed by atoms with Gasteiger partial charge in [0.15, 0.2) is 0 Å². The lowest BCUT2D eigenvalue weighted by molar-refractivity contribution is -0.125. The minimum absolute atomic E-state index is 0.0291. The molecule has 2 N–H and O–H groups in total. The van der Waals surface area contributed by atoms with Crippen LogP contribution >= 0.6 is 0 Å². The number of nitrogens with two attached hydrogens (primary N) is 1. The Labute approximate surface area is 135 Å². The van der Waals surface area contributed by atoms with Gasteiger partial charge in [-0.25, -0.2) is 0 Å². The highest BCUT2D eigenvalue weighted by molar-refractivity contribution is 5.94. The molecule has 1 fully saturated rings. The molecular weight excluding hydrogens is 290 g/mol. The average molecular weight is 309 g/mol. The number of primary amides is 1. The highest BCUT2D eigenvalue weighted by atomic mass is 16.2. The van der Waals surface area contributed by atoms with E-state index in [1.54, 1.807) is 29.4 Å². The van der Waals surface area contributed by atoms with Crippen LogP contribution in [0.1, 0.15) is 28.8 Å². The van der Waals surface area contributed by atoms with Crippen LogP contribution in [0.3, 0.4) is 0 Å². The number of pyridine rings is 1. The first kappa shape index (κ1) is 15.2. The lowest BCUT2D eigenvalue weighted by Crippen LogP contribution is -2.51. The van der Waals surface area contributed by atoms with E-state index in [9.17, 15) is 9.59 Å². The molecule has 2 heterocycles. The maximum atomic E-state index is 12.5. The number of hydrogen-bond donors (Lipinski definition) is 1. The molecule has 2 amide bonds. The normalized spacial score (nSPS) is 16.8. The Morgan fingerprint density at radius 2 is 1.61 bits per heavy atom. The van der Waals surface area contributed by atoms with Gasteiger partial charge in [-0.3, -0.25) is 14.6 Å². The highest BCUT2D eigenvalue weighted by Crippen LogP contribution is 2.35. The van der Waals surface area contributed by atoms with Gasteiger partial charge in [0.2, 0.25) is 5.91 Å². The fraction of sp³-hybridized carbons (Fsp3) is 0.278. The zero-order chi connectivity index (χ0) is 16.3. The number of benzene rings is 1. The molecule has 1 aliphatic rings. The van der Waals surface area contributed by atoms with Crippen LogP contribution in [0.25, 0.3) is 0 Å². The maximum absolute atomic E-state index is 12.5. The first-order valence-corrected chi connectivity index (χ1v) is 7.68. The van der Waals surface area contributed by atoms with Crippen LogP contribution in [0, 0.1) is 0 Å². The minimum Gasteiger partial charge on any atom is -0.369 e. The molecule has 23 heavy (non-hydrogen) atoms. The van der Waals surface area contributed by atoms with Gasteiger partial charge in [-0.1, -0.05) is 30.3 Å². The van der Waals surface area contributed by atoms with Gasteiger partial charge in [-0.05, 0) is 30.5 Å². The second kappa shape index (κ2) is 6.20. The Kier molecular flexibility index (Phi) is 4.10. The number of piperidine rings is 1. The second-order valence-corrected chi connectivity index (χ2v) is 5.84. The molecule has 2 aromatic rings. The predicted octanol–water partition coefficient (Wildman–Crippen LogP) is 1.74. The van der Waals surface area contributed by atoms with Gasteiger partial charge in [0, 0.05) is 31.0 Å². The first-order chi connectivity index (χ1) is 11.1. The van der Waals surface area contributed by atoms with Crippen molar-refractivity contribution in [1.29, 1.82) is 0 Å². The lowest BCUT2D eigenvalue weighted by atomic mass is 9.72. The molecule has 0 unspecified atom stereocenters. The van der Waals surface area contributed by atoms with Gasteiger partial charge >= 0.3 is 0 Å². The highest BCUT2D eigenvalue weighted by Gasteiger charge is 2.42. The Morgan fingerprint density at radius 3 is 2.17 bits per heavy atom. The fourth-order valence-electron chi connectivity index (χ4n) is 3.20. The molecule has 0 bridgehead atoms. The van der Waals surface area contributed by atoms with Gasteiger partial charge in [0.25, 0.3) is 5.91 Å². The Morgan fingerprint density at radius 1 is 1.00 bits per heavy atom. The number of carbonyl (C=O) groups is 2. The molecule has 0 spiro atoms. The van der Waals surface area contributed by atoms with Crippen LogP contribution in [-0.4, -0.2) is 34.8 Å². The molecule has 3 rings (SSSR count). The summed E-state index contributed by atoms with van der Waals surface area (Å²) in [7, 11) is 0.